The summed E-state index contributed by atoms with van der Waals surface area (Å²) in [7, 11) is 0. The lowest BCUT2D eigenvalue weighted by molar-refractivity contribution is -0.118. The van der Waals surface area contributed by atoms with E-state index in [0.717, 1.165) is 5.75 Å². The van der Waals surface area contributed by atoms with Gasteiger partial charge in [0, 0.05) is 5.69 Å². The molecular weight excluding hydrogens is 430 g/mol. The maximum absolute atomic E-state index is 12.6. The fraction of sp³-hybridized carbons (Fsp3) is 0.227. The molecule has 164 valence electrons. The third-order valence-corrected chi connectivity index (χ3v) is 5.73. The van der Waals surface area contributed by atoms with Crippen LogP contribution in [0.25, 0.3) is 10.9 Å². The second-order valence-electron chi connectivity index (χ2n) is 7.30. The van der Waals surface area contributed by atoms with Gasteiger partial charge < -0.3 is 16.0 Å². The average Bonchev–Trinajstić information content (AvgIpc) is 2.90. The number of hydrogen-bond donors (Lipinski definition) is 3. The van der Waals surface area contributed by atoms with Crippen molar-refractivity contribution in [2.24, 2.45) is 0 Å². The lowest BCUT2D eigenvalue weighted by Crippen LogP contribution is -2.41. The fourth-order valence-electron chi connectivity index (χ4n) is 3.45. The van der Waals surface area contributed by atoms with Crippen LogP contribution in [0.1, 0.15) is 16.8 Å². The molecule has 0 fully saturated rings. The Morgan fingerprint density at radius 2 is 2.00 bits per heavy atom. The van der Waals surface area contributed by atoms with E-state index in [9.17, 15) is 19.2 Å². The average molecular weight is 452 g/mol. The van der Waals surface area contributed by atoms with Gasteiger partial charge >= 0.3 is 0 Å². The zero-order chi connectivity index (χ0) is 22.7. The molecule has 0 spiro atoms. The van der Waals surface area contributed by atoms with Gasteiger partial charge in [-0.2, -0.15) is 11.8 Å². The van der Waals surface area contributed by atoms with E-state index in [-0.39, 0.29) is 23.6 Å². The summed E-state index contributed by atoms with van der Waals surface area (Å²) in [4.78, 5) is 54.3. The molecule has 1 aliphatic heterocycles. The molecule has 1 unspecified atom stereocenters. The van der Waals surface area contributed by atoms with Crippen molar-refractivity contribution < 1.29 is 14.4 Å². The Kier molecular flexibility index (Phi) is 6.22. The quantitative estimate of drug-likeness (QED) is 0.526. The number of anilines is 2. The number of nitrogens with one attached hydrogen (secondary N) is 3. The summed E-state index contributed by atoms with van der Waals surface area (Å²) in [6.07, 6.45) is 3.78. The number of rotatable bonds is 6. The predicted molar refractivity (Wildman–Crippen MR) is 124 cm³/mol. The summed E-state index contributed by atoms with van der Waals surface area (Å²) in [5.74, 6) is -0.374. The molecule has 3 N–H and O–H groups in total. The van der Waals surface area contributed by atoms with Crippen LogP contribution in [0, 0.1) is 0 Å². The summed E-state index contributed by atoms with van der Waals surface area (Å²) in [6, 6.07) is 11.0. The SMILES string of the molecule is CSCCC1NC(=O)c2cc(NC(=O)Cn3cnc4ccccc4c3=O)ccc2NC1=O. The number of para-hydroxylation sites is 1. The molecule has 0 radical (unpaired) electrons. The Morgan fingerprint density at radius 3 is 2.81 bits per heavy atom. The van der Waals surface area contributed by atoms with Crippen molar-refractivity contribution in [3.63, 3.8) is 0 Å². The van der Waals surface area contributed by atoms with Gasteiger partial charge in [0.2, 0.25) is 11.8 Å². The van der Waals surface area contributed by atoms with Crippen molar-refractivity contribution >= 4 is 51.8 Å². The molecule has 10 heteroatoms. The standard InChI is InChI=1S/C22H21N5O4S/c1-32-9-8-18-21(30)25-17-7-6-13(10-15(17)20(29)26-18)24-19(28)11-27-12-23-16-5-3-2-4-14(16)22(27)31/h2-7,10,12,18H,8-9,11H2,1H3,(H,24,28)(H,25,30)(H,26,29). The van der Waals surface area contributed by atoms with E-state index < -0.39 is 17.9 Å². The molecule has 1 aliphatic rings. The summed E-state index contributed by atoms with van der Waals surface area (Å²) in [5.41, 5.74) is 1.26. The van der Waals surface area contributed by atoms with Crippen LogP contribution < -0.4 is 21.5 Å². The molecule has 1 aromatic heterocycles. The first-order valence-corrected chi connectivity index (χ1v) is 11.3. The number of benzene rings is 2. The summed E-state index contributed by atoms with van der Waals surface area (Å²) in [6.45, 7) is -0.229. The van der Waals surface area contributed by atoms with Crippen LogP contribution in [-0.4, -0.2) is 45.3 Å². The minimum atomic E-state index is -0.618. The normalized spacial score (nSPS) is 15.5. The van der Waals surface area contributed by atoms with E-state index >= 15 is 0 Å². The molecule has 3 aromatic rings. The van der Waals surface area contributed by atoms with Gasteiger partial charge in [-0.15, -0.1) is 0 Å². The summed E-state index contributed by atoms with van der Waals surface area (Å²) in [5, 5.41) is 8.61. The monoisotopic (exact) mass is 451 g/mol. The molecule has 1 atom stereocenters. The maximum atomic E-state index is 12.6. The van der Waals surface area contributed by atoms with E-state index in [4.69, 9.17) is 0 Å². The van der Waals surface area contributed by atoms with Crippen molar-refractivity contribution in [1.29, 1.82) is 0 Å². The Bertz CT molecular complexity index is 1270. The summed E-state index contributed by atoms with van der Waals surface area (Å²) >= 11 is 1.59. The van der Waals surface area contributed by atoms with E-state index in [2.05, 4.69) is 20.9 Å². The number of carbonyl (C=O) groups is 3. The van der Waals surface area contributed by atoms with Gasteiger partial charge in [-0.3, -0.25) is 23.7 Å². The number of fused-ring (bicyclic) bond motifs is 2. The number of nitrogens with zero attached hydrogens (tertiary/aromatic N) is 2. The van der Waals surface area contributed by atoms with Crippen LogP contribution in [0.2, 0.25) is 0 Å². The smallest absolute Gasteiger partial charge is 0.261 e. The van der Waals surface area contributed by atoms with E-state index in [0.29, 0.717) is 28.7 Å². The first-order chi connectivity index (χ1) is 15.5. The Hall–Kier alpha value is -3.66. The molecule has 3 amide bonds. The Labute approximate surface area is 187 Å². The van der Waals surface area contributed by atoms with E-state index in [1.165, 1.54) is 17.0 Å². The van der Waals surface area contributed by atoms with Crippen LogP contribution in [-0.2, 0) is 16.1 Å². The second kappa shape index (κ2) is 9.23. The number of carbonyl (C=O) groups excluding carboxylic acids is 3. The first kappa shape index (κ1) is 21.6. The molecule has 2 heterocycles. The number of hydrogen-bond acceptors (Lipinski definition) is 6. The Morgan fingerprint density at radius 1 is 1.19 bits per heavy atom. The maximum Gasteiger partial charge on any atom is 0.261 e. The predicted octanol–water partition coefficient (Wildman–Crippen LogP) is 1.84. The van der Waals surface area contributed by atoms with Crippen LogP contribution in [0.15, 0.2) is 53.6 Å². The van der Waals surface area contributed by atoms with Crippen LogP contribution in [0.5, 0.6) is 0 Å². The van der Waals surface area contributed by atoms with Crippen molar-refractivity contribution in [2.75, 3.05) is 22.6 Å². The molecular formula is C22H21N5O4S. The van der Waals surface area contributed by atoms with Crippen molar-refractivity contribution in [3.05, 3.63) is 64.7 Å². The van der Waals surface area contributed by atoms with Gasteiger partial charge in [-0.1, -0.05) is 12.1 Å². The molecule has 32 heavy (non-hydrogen) atoms. The molecule has 0 saturated carbocycles. The van der Waals surface area contributed by atoms with Crippen LogP contribution in [0.4, 0.5) is 11.4 Å². The first-order valence-electron chi connectivity index (χ1n) is 9.95. The summed E-state index contributed by atoms with van der Waals surface area (Å²) < 4.78 is 1.23. The van der Waals surface area contributed by atoms with Gasteiger partial charge in [0.15, 0.2) is 0 Å². The third-order valence-electron chi connectivity index (χ3n) is 5.08. The van der Waals surface area contributed by atoms with Gasteiger partial charge in [0.1, 0.15) is 12.6 Å². The fourth-order valence-corrected chi connectivity index (χ4v) is 3.92. The van der Waals surface area contributed by atoms with E-state index in [1.807, 2.05) is 6.26 Å². The largest absolute Gasteiger partial charge is 0.340 e. The van der Waals surface area contributed by atoms with Crippen molar-refractivity contribution in [2.45, 2.75) is 19.0 Å². The molecule has 0 bridgehead atoms. The van der Waals surface area contributed by atoms with E-state index in [1.54, 1.807) is 48.2 Å². The number of thioether (sulfide) groups is 1. The van der Waals surface area contributed by atoms with Crippen LogP contribution in [0.3, 0.4) is 0 Å². The highest BCUT2D eigenvalue weighted by molar-refractivity contribution is 7.98. The van der Waals surface area contributed by atoms with Gasteiger partial charge in [0.05, 0.1) is 28.5 Å². The zero-order valence-corrected chi connectivity index (χ0v) is 18.1. The minimum Gasteiger partial charge on any atom is -0.340 e. The Balaban J connectivity index is 1.50. The molecule has 0 aliphatic carbocycles. The van der Waals surface area contributed by atoms with Crippen LogP contribution >= 0.6 is 11.8 Å². The van der Waals surface area contributed by atoms with Gasteiger partial charge in [0.25, 0.3) is 11.5 Å². The lowest BCUT2D eigenvalue weighted by Gasteiger charge is -2.13. The lowest BCUT2D eigenvalue weighted by atomic mass is 10.1. The highest BCUT2D eigenvalue weighted by atomic mass is 32.2. The third kappa shape index (κ3) is 4.50. The van der Waals surface area contributed by atoms with Gasteiger partial charge in [-0.25, -0.2) is 4.98 Å². The molecule has 0 saturated heterocycles. The zero-order valence-electron chi connectivity index (χ0n) is 17.3. The molecule has 2 aromatic carbocycles. The molecule has 4 rings (SSSR count). The topological polar surface area (TPSA) is 122 Å². The van der Waals surface area contributed by atoms with Gasteiger partial charge in [-0.05, 0) is 48.8 Å². The second-order valence-corrected chi connectivity index (χ2v) is 8.29. The number of amides is 3. The van der Waals surface area contributed by atoms with Crippen molar-refractivity contribution in [3.8, 4) is 0 Å². The number of aromatic nitrogens is 2. The molecule has 9 nitrogen and oxygen atoms in total. The highest BCUT2D eigenvalue weighted by Crippen LogP contribution is 2.24. The van der Waals surface area contributed by atoms with Crippen molar-refractivity contribution in [1.82, 2.24) is 14.9 Å². The minimum absolute atomic E-state index is 0.229. The highest BCUT2D eigenvalue weighted by Gasteiger charge is 2.27.